The molecule has 2 aromatic carbocycles. The second-order valence-corrected chi connectivity index (χ2v) is 6.48. The molecule has 1 aliphatic heterocycles. The van der Waals surface area contributed by atoms with E-state index in [-0.39, 0.29) is 24.3 Å². The molecule has 0 radical (unpaired) electrons. The number of carbonyl (C=O) groups is 3. The van der Waals surface area contributed by atoms with Gasteiger partial charge in [0.2, 0.25) is 0 Å². The van der Waals surface area contributed by atoms with Crippen LogP contribution in [0.2, 0.25) is 0 Å². The highest BCUT2D eigenvalue weighted by Crippen LogP contribution is 2.24. The van der Waals surface area contributed by atoms with Crippen LogP contribution in [0.4, 0.5) is 0 Å². The second kappa shape index (κ2) is 7.44. The third kappa shape index (κ3) is 3.40. The molecule has 2 heterocycles. The SMILES string of the molecule is O=C(NCc1cccnc1)c1ccc(CN2C(=O)c3ccccc3C2=O)cc1. The Morgan fingerprint density at radius 2 is 1.54 bits per heavy atom. The number of carbonyl (C=O) groups excluding carboxylic acids is 3. The Morgan fingerprint density at radius 3 is 2.14 bits per heavy atom. The Balaban J connectivity index is 1.41. The average molecular weight is 371 g/mol. The average Bonchev–Trinajstić information content (AvgIpc) is 2.98. The lowest BCUT2D eigenvalue weighted by atomic mass is 10.1. The maximum absolute atomic E-state index is 12.4. The van der Waals surface area contributed by atoms with E-state index < -0.39 is 0 Å². The molecule has 6 nitrogen and oxygen atoms in total. The molecule has 0 fully saturated rings. The van der Waals surface area contributed by atoms with E-state index in [4.69, 9.17) is 0 Å². The Kier molecular flexibility index (Phi) is 4.68. The predicted molar refractivity (Wildman–Crippen MR) is 102 cm³/mol. The molecule has 0 saturated heterocycles. The molecular formula is C22H17N3O3. The molecule has 3 amide bonds. The van der Waals surface area contributed by atoms with E-state index in [0.717, 1.165) is 11.1 Å². The van der Waals surface area contributed by atoms with Gasteiger partial charge in [0.1, 0.15) is 0 Å². The largest absolute Gasteiger partial charge is 0.348 e. The van der Waals surface area contributed by atoms with E-state index in [1.54, 1.807) is 60.9 Å². The van der Waals surface area contributed by atoms with Gasteiger partial charge in [0.05, 0.1) is 17.7 Å². The molecule has 0 saturated carbocycles. The maximum Gasteiger partial charge on any atom is 0.261 e. The highest BCUT2D eigenvalue weighted by molar-refractivity contribution is 6.21. The summed E-state index contributed by atoms with van der Waals surface area (Å²) in [5.41, 5.74) is 3.06. The number of hydrogen-bond donors (Lipinski definition) is 1. The summed E-state index contributed by atoms with van der Waals surface area (Å²) in [6.45, 7) is 0.563. The van der Waals surface area contributed by atoms with E-state index in [2.05, 4.69) is 10.3 Å². The molecule has 0 unspecified atom stereocenters. The van der Waals surface area contributed by atoms with Gasteiger partial charge in [0.15, 0.2) is 0 Å². The topological polar surface area (TPSA) is 79.4 Å². The number of pyridine rings is 1. The molecule has 4 rings (SSSR count). The number of imide groups is 1. The number of aromatic nitrogens is 1. The first-order valence-corrected chi connectivity index (χ1v) is 8.85. The van der Waals surface area contributed by atoms with Crippen molar-refractivity contribution in [2.75, 3.05) is 0 Å². The third-order valence-corrected chi connectivity index (χ3v) is 4.61. The molecule has 3 aromatic rings. The smallest absolute Gasteiger partial charge is 0.261 e. The summed E-state index contributed by atoms with van der Waals surface area (Å²) in [6, 6.07) is 17.4. The van der Waals surface area contributed by atoms with E-state index in [0.29, 0.717) is 23.2 Å². The quantitative estimate of drug-likeness (QED) is 0.700. The molecule has 0 bridgehead atoms. The van der Waals surface area contributed by atoms with Crippen LogP contribution in [-0.4, -0.2) is 27.6 Å². The molecule has 138 valence electrons. The minimum absolute atomic E-state index is 0.171. The van der Waals surface area contributed by atoms with Gasteiger partial charge in [-0.1, -0.05) is 30.3 Å². The van der Waals surface area contributed by atoms with Crippen LogP contribution in [0.5, 0.6) is 0 Å². The summed E-state index contributed by atoms with van der Waals surface area (Å²) in [6.07, 6.45) is 3.38. The van der Waals surface area contributed by atoms with Crippen molar-refractivity contribution < 1.29 is 14.4 Å². The first kappa shape index (κ1) is 17.6. The van der Waals surface area contributed by atoms with Gasteiger partial charge in [0.25, 0.3) is 17.7 Å². The predicted octanol–water partition coefficient (Wildman–Crippen LogP) is 2.81. The molecular weight excluding hydrogens is 354 g/mol. The van der Waals surface area contributed by atoms with Crippen molar-refractivity contribution in [2.45, 2.75) is 13.1 Å². The molecule has 28 heavy (non-hydrogen) atoms. The van der Waals surface area contributed by atoms with Crippen LogP contribution in [0.25, 0.3) is 0 Å². The first-order valence-electron chi connectivity index (χ1n) is 8.85. The van der Waals surface area contributed by atoms with Crippen LogP contribution >= 0.6 is 0 Å². The highest BCUT2D eigenvalue weighted by atomic mass is 16.2. The van der Waals surface area contributed by atoms with Gasteiger partial charge in [-0.05, 0) is 41.5 Å². The summed E-state index contributed by atoms with van der Waals surface area (Å²) < 4.78 is 0. The van der Waals surface area contributed by atoms with Gasteiger partial charge in [-0.3, -0.25) is 24.3 Å². The van der Waals surface area contributed by atoms with Crippen molar-refractivity contribution in [3.63, 3.8) is 0 Å². The van der Waals surface area contributed by atoms with Gasteiger partial charge in [0, 0.05) is 24.5 Å². The Bertz CT molecular complexity index is 1010. The normalized spacial score (nSPS) is 12.8. The molecule has 6 heteroatoms. The zero-order chi connectivity index (χ0) is 19.5. The van der Waals surface area contributed by atoms with Crippen LogP contribution in [0.3, 0.4) is 0 Å². The van der Waals surface area contributed by atoms with Crippen LogP contribution in [0.1, 0.15) is 42.2 Å². The van der Waals surface area contributed by atoms with Crippen molar-refractivity contribution in [1.29, 1.82) is 0 Å². The molecule has 1 aliphatic rings. The minimum Gasteiger partial charge on any atom is -0.348 e. The van der Waals surface area contributed by atoms with Crippen LogP contribution in [0.15, 0.2) is 73.1 Å². The summed E-state index contributed by atoms with van der Waals surface area (Å²) >= 11 is 0. The Labute approximate surface area is 161 Å². The van der Waals surface area contributed by atoms with Gasteiger partial charge in [-0.25, -0.2) is 0 Å². The molecule has 0 aliphatic carbocycles. The molecule has 1 aromatic heterocycles. The fourth-order valence-electron chi connectivity index (χ4n) is 3.11. The lowest BCUT2D eigenvalue weighted by molar-refractivity contribution is 0.0642. The summed E-state index contributed by atoms with van der Waals surface area (Å²) in [4.78, 5) is 42.4. The summed E-state index contributed by atoms with van der Waals surface area (Å²) in [5.74, 6) is -0.783. The van der Waals surface area contributed by atoms with Gasteiger partial charge in [-0.15, -0.1) is 0 Å². The van der Waals surface area contributed by atoms with E-state index >= 15 is 0 Å². The van der Waals surface area contributed by atoms with Crippen LogP contribution < -0.4 is 5.32 Å². The van der Waals surface area contributed by atoms with E-state index in [1.807, 2.05) is 12.1 Å². The van der Waals surface area contributed by atoms with Crippen LogP contribution in [0, 0.1) is 0 Å². The number of benzene rings is 2. The zero-order valence-electron chi connectivity index (χ0n) is 15.0. The maximum atomic E-state index is 12.4. The van der Waals surface area contributed by atoms with Crippen molar-refractivity contribution in [2.24, 2.45) is 0 Å². The minimum atomic E-state index is -0.293. The molecule has 0 spiro atoms. The number of fused-ring (bicyclic) bond motifs is 1. The van der Waals surface area contributed by atoms with Crippen molar-refractivity contribution >= 4 is 17.7 Å². The Morgan fingerprint density at radius 1 is 0.857 bits per heavy atom. The van der Waals surface area contributed by atoms with Crippen molar-refractivity contribution in [3.05, 3.63) is 101 Å². The highest BCUT2D eigenvalue weighted by Gasteiger charge is 2.34. The third-order valence-electron chi connectivity index (χ3n) is 4.61. The lowest BCUT2D eigenvalue weighted by Gasteiger charge is -2.14. The summed E-state index contributed by atoms with van der Waals surface area (Å²) in [7, 11) is 0. The first-order chi connectivity index (χ1) is 13.6. The van der Waals surface area contributed by atoms with E-state index in [1.165, 1.54) is 4.90 Å². The fraction of sp³-hybridized carbons (Fsp3) is 0.0909. The molecule has 0 atom stereocenters. The fourth-order valence-corrected chi connectivity index (χ4v) is 3.11. The number of rotatable bonds is 5. The Hall–Kier alpha value is -3.80. The number of hydrogen-bond acceptors (Lipinski definition) is 4. The molecule has 1 N–H and O–H groups in total. The van der Waals surface area contributed by atoms with Crippen LogP contribution in [-0.2, 0) is 13.1 Å². The van der Waals surface area contributed by atoms with Gasteiger partial charge in [-0.2, -0.15) is 0 Å². The lowest BCUT2D eigenvalue weighted by Crippen LogP contribution is -2.29. The number of nitrogens with one attached hydrogen (secondary N) is 1. The monoisotopic (exact) mass is 371 g/mol. The van der Waals surface area contributed by atoms with Gasteiger partial charge >= 0.3 is 0 Å². The number of amides is 3. The van der Waals surface area contributed by atoms with Crippen molar-refractivity contribution in [3.8, 4) is 0 Å². The zero-order valence-corrected chi connectivity index (χ0v) is 15.0. The summed E-state index contributed by atoms with van der Waals surface area (Å²) in [5, 5.41) is 2.84. The second-order valence-electron chi connectivity index (χ2n) is 6.48. The van der Waals surface area contributed by atoms with Gasteiger partial charge < -0.3 is 5.32 Å². The standard InChI is InChI=1S/C22H17N3O3/c26-20(24-13-16-4-3-11-23-12-16)17-9-7-15(8-10-17)14-25-21(27)18-5-1-2-6-19(18)22(25)28/h1-12H,13-14H2,(H,24,26). The van der Waals surface area contributed by atoms with Crippen molar-refractivity contribution in [1.82, 2.24) is 15.2 Å². The number of nitrogens with zero attached hydrogens (tertiary/aromatic N) is 2. The van der Waals surface area contributed by atoms with E-state index in [9.17, 15) is 14.4 Å².